The van der Waals surface area contributed by atoms with Gasteiger partial charge in [-0.25, -0.2) is 4.98 Å². The molecule has 0 bridgehead atoms. The lowest BCUT2D eigenvalue weighted by atomic mass is 10.1. The quantitative estimate of drug-likeness (QED) is 0.320. The number of ether oxygens (including phenoxy) is 1. The van der Waals surface area contributed by atoms with Crippen LogP contribution in [0.25, 0.3) is 0 Å². The average Bonchev–Trinajstić information content (AvgIpc) is 3.02. The first-order valence-electron chi connectivity index (χ1n) is 7.34. The molecule has 2 rings (SSSR count). The smallest absolute Gasteiger partial charge is 0.345 e. The summed E-state index contributed by atoms with van der Waals surface area (Å²) in [7, 11) is 1.90. The predicted octanol–water partition coefficient (Wildman–Crippen LogP) is 3.77. The molecule has 1 heterocycles. The Bertz CT molecular complexity index is 805. The van der Waals surface area contributed by atoms with Crippen molar-refractivity contribution in [2.75, 3.05) is 25.1 Å². The number of hydrogen-bond acceptors (Lipinski definition) is 9. The van der Waals surface area contributed by atoms with Gasteiger partial charge in [-0.05, 0) is 42.0 Å². The van der Waals surface area contributed by atoms with E-state index in [1.165, 1.54) is 6.92 Å². The van der Waals surface area contributed by atoms with E-state index in [1.807, 2.05) is 31.0 Å². The number of hydrogen-bond donors (Lipinski definition) is 0. The zero-order valence-corrected chi connectivity index (χ0v) is 14.8. The Hall–Kier alpha value is -2.88. The number of azo groups is 1. The third kappa shape index (κ3) is 5.31. The predicted molar refractivity (Wildman–Crippen MR) is 94.0 cm³/mol. The van der Waals surface area contributed by atoms with Crippen molar-refractivity contribution in [3.63, 3.8) is 0 Å². The highest BCUT2D eigenvalue weighted by atomic mass is 32.1. The van der Waals surface area contributed by atoms with Crippen molar-refractivity contribution in [2.24, 2.45) is 10.2 Å². The Labute approximate surface area is 148 Å². The number of nitro groups is 1. The molecule has 0 aliphatic rings. The van der Waals surface area contributed by atoms with Crippen LogP contribution in [0.4, 0.5) is 21.5 Å². The topological polar surface area (TPSA) is 110 Å². The van der Waals surface area contributed by atoms with Crippen LogP contribution < -0.4 is 4.90 Å². The third-order valence-electron chi connectivity index (χ3n) is 3.26. The molecule has 0 fully saturated rings. The van der Waals surface area contributed by atoms with E-state index >= 15 is 0 Å². The molecule has 132 valence electrons. The Morgan fingerprint density at radius 2 is 2.20 bits per heavy atom. The van der Waals surface area contributed by atoms with Gasteiger partial charge in [0.25, 0.3) is 0 Å². The van der Waals surface area contributed by atoms with E-state index in [4.69, 9.17) is 4.74 Å². The first-order chi connectivity index (χ1) is 11.9. The van der Waals surface area contributed by atoms with E-state index in [0.717, 1.165) is 28.8 Å². The average molecular weight is 363 g/mol. The molecule has 0 aliphatic heterocycles. The van der Waals surface area contributed by atoms with Crippen molar-refractivity contribution in [2.45, 2.75) is 13.8 Å². The van der Waals surface area contributed by atoms with Crippen molar-refractivity contribution in [3.05, 3.63) is 40.1 Å². The molecule has 0 N–H and O–H groups in total. The van der Waals surface area contributed by atoms with Crippen LogP contribution in [0.1, 0.15) is 12.5 Å². The number of rotatable bonds is 7. The molecule has 0 amide bonds. The molecule has 0 radical (unpaired) electrons. The molecule has 25 heavy (non-hydrogen) atoms. The number of benzene rings is 1. The van der Waals surface area contributed by atoms with Gasteiger partial charge in [0.1, 0.15) is 12.8 Å². The number of thiazole rings is 1. The van der Waals surface area contributed by atoms with Crippen LogP contribution in [0.3, 0.4) is 0 Å². The Morgan fingerprint density at radius 3 is 2.80 bits per heavy atom. The molecule has 1 aromatic heterocycles. The van der Waals surface area contributed by atoms with Crippen LogP contribution in [-0.4, -0.2) is 36.1 Å². The number of likely N-dealkylation sites (N-methyl/N-ethyl adjacent to an activating group) is 1. The number of carbonyl (C=O) groups excluding carboxylic acids is 1. The van der Waals surface area contributed by atoms with E-state index in [2.05, 4.69) is 15.2 Å². The highest BCUT2D eigenvalue weighted by Gasteiger charge is 2.11. The van der Waals surface area contributed by atoms with Crippen LogP contribution in [-0.2, 0) is 9.53 Å². The number of carbonyl (C=O) groups is 1. The number of esters is 1. The molecule has 10 heteroatoms. The highest BCUT2D eigenvalue weighted by Crippen LogP contribution is 2.30. The summed E-state index contributed by atoms with van der Waals surface area (Å²) in [6.07, 6.45) is 1.16. The largest absolute Gasteiger partial charge is 0.464 e. The second-order valence-electron chi connectivity index (χ2n) is 5.17. The third-order valence-corrected chi connectivity index (χ3v) is 4.09. The van der Waals surface area contributed by atoms with Gasteiger partial charge in [0, 0.05) is 19.7 Å². The van der Waals surface area contributed by atoms with Crippen LogP contribution in [0.5, 0.6) is 0 Å². The monoisotopic (exact) mass is 363 g/mol. The minimum atomic E-state index is -0.512. The van der Waals surface area contributed by atoms with E-state index < -0.39 is 4.92 Å². The van der Waals surface area contributed by atoms with Gasteiger partial charge in [-0.15, -0.1) is 10.2 Å². The second kappa shape index (κ2) is 8.29. The first kappa shape index (κ1) is 18.5. The van der Waals surface area contributed by atoms with Crippen molar-refractivity contribution in [1.29, 1.82) is 0 Å². The highest BCUT2D eigenvalue weighted by molar-refractivity contribution is 7.18. The summed E-state index contributed by atoms with van der Waals surface area (Å²) in [6, 6.07) is 5.62. The molecular formula is C15H17N5O4S. The molecule has 2 aromatic rings. The van der Waals surface area contributed by atoms with Crippen LogP contribution >= 0.6 is 11.3 Å². The minimum Gasteiger partial charge on any atom is -0.464 e. The molecule has 0 atom stereocenters. The summed E-state index contributed by atoms with van der Waals surface area (Å²) < 4.78 is 4.93. The summed E-state index contributed by atoms with van der Waals surface area (Å²) in [4.78, 5) is 26.7. The maximum absolute atomic E-state index is 10.8. The van der Waals surface area contributed by atoms with Crippen molar-refractivity contribution in [3.8, 4) is 0 Å². The summed E-state index contributed by atoms with van der Waals surface area (Å²) in [5, 5.41) is 18.8. The van der Waals surface area contributed by atoms with Gasteiger partial charge in [-0.1, -0.05) is 0 Å². The number of nitrogens with zero attached hydrogens (tertiary/aromatic N) is 5. The minimum absolute atomic E-state index is 0.0737. The molecule has 0 saturated carbocycles. The van der Waals surface area contributed by atoms with Gasteiger partial charge >= 0.3 is 11.0 Å². The van der Waals surface area contributed by atoms with Gasteiger partial charge in [0.05, 0.1) is 17.2 Å². The summed E-state index contributed by atoms with van der Waals surface area (Å²) in [5.41, 5.74) is 2.50. The van der Waals surface area contributed by atoms with Crippen molar-refractivity contribution >= 4 is 38.8 Å². The summed E-state index contributed by atoms with van der Waals surface area (Å²) in [5.74, 6) is -0.303. The maximum Gasteiger partial charge on any atom is 0.345 e. The van der Waals surface area contributed by atoms with E-state index in [1.54, 1.807) is 6.07 Å². The van der Waals surface area contributed by atoms with Gasteiger partial charge in [0.15, 0.2) is 0 Å². The zero-order valence-electron chi connectivity index (χ0n) is 14.0. The lowest BCUT2D eigenvalue weighted by molar-refractivity contribution is -0.380. The Morgan fingerprint density at radius 1 is 1.44 bits per heavy atom. The van der Waals surface area contributed by atoms with E-state index in [0.29, 0.717) is 18.8 Å². The van der Waals surface area contributed by atoms with Crippen LogP contribution in [0.15, 0.2) is 34.6 Å². The van der Waals surface area contributed by atoms with E-state index in [-0.39, 0.29) is 16.1 Å². The van der Waals surface area contributed by atoms with Gasteiger partial charge < -0.3 is 9.64 Å². The second-order valence-corrected chi connectivity index (χ2v) is 6.16. The maximum atomic E-state index is 10.8. The van der Waals surface area contributed by atoms with Crippen LogP contribution in [0.2, 0.25) is 0 Å². The zero-order chi connectivity index (χ0) is 18.4. The van der Waals surface area contributed by atoms with Crippen molar-refractivity contribution in [1.82, 2.24) is 4.98 Å². The number of aromatic nitrogens is 1. The van der Waals surface area contributed by atoms with E-state index in [9.17, 15) is 14.9 Å². The summed E-state index contributed by atoms with van der Waals surface area (Å²) >= 11 is 0.865. The van der Waals surface area contributed by atoms with Gasteiger partial charge in [0.2, 0.25) is 5.13 Å². The molecule has 9 nitrogen and oxygen atoms in total. The molecular weight excluding hydrogens is 346 g/mol. The molecule has 0 spiro atoms. The fourth-order valence-electron chi connectivity index (χ4n) is 1.93. The first-order valence-corrected chi connectivity index (χ1v) is 8.15. The summed E-state index contributed by atoms with van der Waals surface area (Å²) in [6.45, 7) is 4.15. The Kier molecular flexibility index (Phi) is 6.12. The fourth-order valence-corrected chi connectivity index (χ4v) is 2.48. The van der Waals surface area contributed by atoms with Crippen molar-refractivity contribution < 1.29 is 14.5 Å². The molecule has 0 unspecified atom stereocenters. The number of anilines is 1. The lowest BCUT2D eigenvalue weighted by Gasteiger charge is -2.19. The standard InChI is InChI=1S/C15H17N5O4S/c1-10-8-12(19(3)6-7-24-11(2)21)4-5-13(10)17-18-15-16-9-14(25-15)20(22)23/h4-5,8-9H,6-7H2,1-3H3. The van der Waals surface area contributed by atoms with Gasteiger partial charge in [-0.2, -0.15) is 0 Å². The molecule has 0 saturated heterocycles. The number of aryl methyl sites for hydroxylation is 1. The SMILES string of the molecule is CC(=O)OCCN(C)c1ccc(N=Nc2ncc([N+](=O)[O-])s2)c(C)c1. The fraction of sp³-hybridized carbons (Fsp3) is 0.333. The molecule has 1 aromatic carbocycles. The normalized spacial score (nSPS) is 10.8. The molecule has 0 aliphatic carbocycles. The lowest BCUT2D eigenvalue weighted by Crippen LogP contribution is -2.23. The van der Waals surface area contributed by atoms with Crippen LogP contribution in [0, 0.1) is 17.0 Å². The Balaban J connectivity index is 2.04. The van der Waals surface area contributed by atoms with Gasteiger partial charge in [-0.3, -0.25) is 14.9 Å².